The molecule has 0 atom stereocenters. The van der Waals surface area contributed by atoms with Gasteiger partial charge in [0.05, 0.1) is 6.54 Å². The number of rotatable bonds is 3. The first-order chi connectivity index (χ1) is 10.1. The summed E-state index contributed by atoms with van der Waals surface area (Å²) in [5, 5.41) is 9.05. The molecule has 8 heteroatoms. The Morgan fingerprint density at radius 3 is 2.95 bits per heavy atom. The third-order valence-electron chi connectivity index (χ3n) is 2.77. The lowest BCUT2D eigenvalue weighted by Crippen LogP contribution is -2.35. The Labute approximate surface area is 121 Å². The Morgan fingerprint density at radius 2 is 2.14 bits per heavy atom. The zero-order chi connectivity index (χ0) is 14.8. The summed E-state index contributed by atoms with van der Waals surface area (Å²) in [6, 6.07) is 6.03. The van der Waals surface area contributed by atoms with Gasteiger partial charge in [-0.1, -0.05) is 23.5 Å². The van der Waals surface area contributed by atoms with Crippen LogP contribution in [0.3, 0.4) is 0 Å². The van der Waals surface area contributed by atoms with E-state index in [1.165, 1.54) is 40.4 Å². The molecule has 0 spiro atoms. The van der Waals surface area contributed by atoms with Crippen LogP contribution in [0.15, 0.2) is 46.2 Å². The highest BCUT2D eigenvalue weighted by Crippen LogP contribution is 2.24. The van der Waals surface area contributed by atoms with E-state index in [4.69, 9.17) is 0 Å². The fraction of sp³-hybridized carbons (Fsp3) is 0.0769. The number of aromatic nitrogens is 4. The lowest BCUT2D eigenvalue weighted by atomic mass is 10.2. The van der Waals surface area contributed by atoms with Gasteiger partial charge in [0.25, 0.3) is 0 Å². The molecule has 0 unspecified atom stereocenters. The lowest BCUT2D eigenvalue weighted by Gasteiger charge is -1.99. The van der Waals surface area contributed by atoms with Gasteiger partial charge >= 0.3 is 11.1 Å². The van der Waals surface area contributed by atoms with Crippen molar-refractivity contribution in [3.63, 3.8) is 0 Å². The van der Waals surface area contributed by atoms with E-state index in [2.05, 4.69) is 15.2 Å². The van der Waals surface area contributed by atoms with Crippen LogP contribution >= 0.6 is 11.3 Å². The van der Waals surface area contributed by atoms with Crippen LogP contribution in [0.5, 0.6) is 0 Å². The molecule has 0 fully saturated rings. The number of nitrogens with one attached hydrogen (secondary N) is 1. The molecular formula is C13H9FN4O2S. The fourth-order valence-electron chi connectivity index (χ4n) is 1.79. The van der Waals surface area contributed by atoms with Crippen LogP contribution in [-0.4, -0.2) is 19.7 Å². The number of hydrogen-bond acceptors (Lipinski definition) is 5. The van der Waals surface area contributed by atoms with Gasteiger partial charge in [-0.2, -0.15) is 0 Å². The second-order valence-corrected chi connectivity index (χ2v) is 5.30. The summed E-state index contributed by atoms with van der Waals surface area (Å²) in [5.41, 5.74) is -0.718. The standard InChI is InChI=1S/C13H9FN4O2S/c14-9-3-1-2-8(6-9)12-17-16-10(21-12)7-18-5-4-15-11(19)13(18)20/h1-6H,7H2,(H,15,19). The van der Waals surface area contributed by atoms with E-state index in [0.717, 1.165) is 0 Å². The summed E-state index contributed by atoms with van der Waals surface area (Å²) in [6.45, 7) is 0.149. The highest BCUT2D eigenvalue weighted by molar-refractivity contribution is 7.14. The van der Waals surface area contributed by atoms with Gasteiger partial charge in [-0.25, -0.2) is 4.39 Å². The Kier molecular flexibility index (Phi) is 3.44. The molecule has 0 saturated heterocycles. The molecule has 0 radical (unpaired) electrons. The van der Waals surface area contributed by atoms with E-state index in [0.29, 0.717) is 15.6 Å². The first kappa shape index (κ1) is 13.4. The molecule has 0 bridgehead atoms. The molecule has 0 aliphatic carbocycles. The topological polar surface area (TPSA) is 80.6 Å². The summed E-state index contributed by atoms with van der Waals surface area (Å²) >= 11 is 1.24. The van der Waals surface area contributed by atoms with Gasteiger partial charge in [0, 0.05) is 18.0 Å². The molecular weight excluding hydrogens is 295 g/mol. The van der Waals surface area contributed by atoms with E-state index in [9.17, 15) is 14.0 Å². The van der Waals surface area contributed by atoms with Gasteiger partial charge in [0.15, 0.2) is 0 Å². The van der Waals surface area contributed by atoms with Crippen LogP contribution < -0.4 is 11.1 Å². The maximum Gasteiger partial charge on any atom is 0.316 e. The van der Waals surface area contributed by atoms with Crippen molar-refractivity contribution >= 4 is 11.3 Å². The molecule has 3 rings (SSSR count). The minimum absolute atomic E-state index is 0.149. The third-order valence-corrected chi connectivity index (χ3v) is 3.73. The minimum Gasteiger partial charge on any atom is -0.323 e. The molecule has 6 nitrogen and oxygen atoms in total. The lowest BCUT2D eigenvalue weighted by molar-refractivity contribution is 0.628. The van der Waals surface area contributed by atoms with Crippen molar-refractivity contribution in [2.45, 2.75) is 6.54 Å². The van der Waals surface area contributed by atoms with Crippen molar-refractivity contribution in [3.05, 3.63) is 68.2 Å². The van der Waals surface area contributed by atoms with Gasteiger partial charge in [-0.05, 0) is 12.1 Å². The van der Waals surface area contributed by atoms with Crippen LogP contribution in [0.25, 0.3) is 10.6 Å². The Bertz CT molecular complexity index is 899. The van der Waals surface area contributed by atoms with E-state index in [-0.39, 0.29) is 12.4 Å². The van der Waals surface area contributed by atoms with Crippen molar-refractivity contribution in [2.75, 3.05) is 0 Å². The molecule has 0 amide bonds. The summed E-state index contributed by atoms with van der Waals surface area (Å²) in [6.07, 6.45) is 2.85. The Balaban J connectivity index is 1.91. The summed E-state index contributed by atoms with van der Waals surface area (Å²) in [7, 11) is 0. The van der Waals surface area contributed by atoms with Crippen molar-refractivity contribution in [1.82, 2.24) is 19.7 Å². The van der Waals surface area contributed by atoms with E-state index in [1.54, 1.807) is 12.1 Å². The molecule has 1 aromatic carbocycles. The number of hydrogen-bond donors (Lipinski definition) is 1. The molecule has 2 aromatic heterocycles. The number of benzene rings is 1. The van der Waals surface area contributed by atoms with Crippen LogP contribution in [0.1, 0.15) is 5.01 Å². The SMILES string of the molecule is O=c1[nH]ccn(Cc2nnc(-c3cccc(F)c3)s2)c1=O. The summed E-state index contributed by atoms with van der Waals surface area (Å²) in [4.78, 5) is 25.2. The predicted octanol–water partition coefficient (Wildman–Crippen LogP) is 1.24. The number of nitrogens with zero attached hydrogens (tertiary/aromatic N) is 3. The van der Waals surface area contributed by atoms with Gasteiger partial charge in [-0.3, -0.25) is 9.59 Å². The van der Waals surface area contributed by atoms with Crippen molar-refractivity contribution in [1.29, 1.82) is 0 Å². The third kappa shape index (κ3) is 2.79. The van der Waals surface area contributed by atoms with Crippen molar-refractivity contribution in [2.24, 2.45) is 0 Å². The second kappa shape index (κ2) is 5.41. The van der Waals surface area contributed by atoms with E-state index < -0.39 is 11.1 Å². The molecule has 106 valence electrons. The van der Waals surface area contributed by atoms with Crippen LogP contribution in [0.2, 0.25) is 0 Å². The number of H-pyrrole nitrogens is 1. The van der Waals surface area contributed by atoms with Crippen LogP contribution in [0.4, 0.5) is 4.39 Å². The maximum absolute atomic E-state index is 13.2. The average molecular weight is 304 g/mol. The molecule has 0 saturated carbocycles. The smallest absolute Gasteiger partial charge is 0.316 e. The van der Waals surface area contributed by atoms with Gasteiger partial charge in [0.1, 0.15) is 15.8 Å². The van der Waals surface area contributed by atoms with Gasteiger partial charge in [-0.15, -0.1) is 10.2 Å². The molecule has 3 aromatic rings. The Hall–Kier alpha value is -2.61. The van der Waals surface area contributed by atoms with Gasteiger partial charge < -0.3 is 9.55 Å². The fourth-order valence-corrected chi connectivity index (χ4v) is 2.62. The van der Waals surface area contributed by atoms with Crippen molar-refractivity contribution in [3.8, 4) is 10.6 Å². The average Bonchev–Trinajstić information content (AvgIpc) is 2.93. The number of halogens is 1. The molecule has 0 aliphatic heterocycles. The minimum atomic E-state index is -0.688. The highest BCUT2D eigenvalue weighted by atomic mass is 32.1. The highest BCUT2D eigenvalue weighted by Gasteiger charge is 2.09. The number of aromatic amines is 1. The Morgan fingerprint density at radius 1 is 1.29 bits per heavy atom. The van der Waals surface area contributed by atoms with Crippen LogP contribution in [0, 0.1) is 5.82 Å². The molecule has 2 heterocycles. The maximum atomic E-state index is 13.2. The zero-order valence-electron chi connectivity index (χ0n) is 10.6. The first-order valence-electron chi connectivity index (χ1n) is 6.00. The monoisotopic (exact) mass is 304 g/mol. The molecule has 0 aliphatic rings. The predicted molar refractivity (Wildman–Crippen MR) is 75.7 cm³/mol. The second-order valence-electron chi connectivity index (χ2n) is 4.23. The summed E-state index contributed by atoms with van der Waals surface area (Å²) < 4.78 is 14.4. The molecule has 1 N–H and O–H groups in total. The quantitative estimate of drug-likeness (QED) is 0.738. The van der Waals surface area contributed by atoms with Crippen LogP contribution in [-0.2, 0) is 6.54 Å². The summed E-state index contributed by atoms with van der Waals surface area (Å²) in [5.74, 6) is -0.352. The van der Waals surface area contributed by atoms with E-state index in [1.807, 2.05) is 0 Å². The molecule has 21 heavy (non-hydrogen) atoms. The van der Waals surface area contributed by atoms with E-state index >= 15 is 0 Å². The normalized spacial score (nSPS) is 10.7. The first-order valence-corrected chi connectivity index (χ1v) is 6.81. The zero-order valence-corrected chi connectivity index (χ0v) is 11.4. The van der Waals surface area contributed by atoms with Gasteiger partial charge in [0.2, 0.25) is 0 Å². The largest absolute Gasteiger partial charge is 0.323 e. The van der Waals surface area contributed by atoms with Crippen molar-refractivity contribution < 1.29 is 4.39 Å².